The largest absolute Gasteiger partial charge is 0.352 e. The van der Waals surface area contributed by atoms with E-state index in [1.54, 1.807) is 0 Å². The van der Waals surface area contributed by atoms with Gasteiger partial charge < -0.3 is 11.1 Å². The Morgan fingerprint density at radius 1 is 1.40 bits per heavy atom. The molecule has 0 radical (unpaired) electrons. The zero-order valence-electron chi connectivity index (χ0n) is 12.2. The van der Waals surface area contributed by atoms with Crippen molar-refractivity contribution in [3.8, 4) is 11.8 Å². The Morgan fingerprint density at radius 3 is 2.70 bits per heavy atom. The van der Waals surface area contributed by atoms with Crippen LogP contribution in [0.15, 0.2) is 18.2 Å². The molecule has 0 aromatic heterocycles. The predicted molar refractivity (Wildman–Crippen MR) is 78.7 cm³/mol. The van der Waals surface area contributed by atoms with Crippen molar-refractivity contribution in [3.05, 3.63) is 35.1 Å². The van der Waals surface area contributed by atoms with Crippen molar-refractivity contribution < 1.29 is 9.18 Å². The number of hydrogen-bond acceptors (Lipinski definition) is 2. The van der Waals surface area contributed by atoms with Gasteiger partial charge in [0.05, 0.1) is 12.1 Å². The number of carbonyl (C=O) groups excluding carboxylic acids is 1. The molecule has 108 valence electrons. The molecule has 1 aromatic rings. The second-order valence-corrected chi connectivity index (χ2v) is 5.13. The first kappa shape index (κ1) is 16.2. The molecule has 1 atom stereocenters. The zero-order valence-corrected chi connectivity index (χ0v) is 12.2. The Bertz CT molecular complexity index is 529. The van der Waals surface area contributed by atoms with E-state index >= 15 is 0 Å². The topological polar surface area (TPSA) is 55.1 Å². The number of rotatable bonds is 4. The van der Waals surface area contributed by atoms with Crippen LogP contribution in [0, 0.1) is 29.5 Å². The summed E-state index contributed by atoms with van der Waals surface area (Å²) < 4.78 is 13.2. The van der Waals surface area contributed by atoms with Crippen molar-refractivity contribution >= 4 is 5.91 Å². The standard InChI is InChI=1S/C16H21FN2O/c1-11(2)12(3)10-19-16(20)15-7-6-14(17)9-13(15)5-4-8-18/h6-7,9,11-12H,8,10,18H2,1-3H3,(H,19,20). The molecule has 0 saturated heterocycles. The molecule has 0 saturated carbocycles. The molecule has 0 spiro atoms. The number of carbonyl (C=O) groups is 1. The van der Waals surface area contributed by atoms with Crippen molar-refractivity contribution in [1.29, 1.82) is 0 Å². The van der Waals surface area contributed by atoms with Crippen LogP contribution in [-0.4, -0.2) is 19.0 Å². The fourth-order valence-corrected chi connectivity index (χ4v) is 1.55. The van der Waals surface area contributed by atoms with Crippen LogP contribution in [0.1, 0.15) is 36.7 Å². The van der Waals surface area contributed by atoms with E-state index in [-0.39, 0.29) is 12.5 Å². The summed E-state index contributed by atoms with van der Waals surface area (Å²) in [5, 5.41) is 2.86. The normalized spacial score (nSPS) is 11.7. The predicted octanol–water partition coefficient (Wildman–Crippen LogP) is 2.16. The minimum Gasteiger partial charge on any atom is -0.352 e. The Balaban J connectivity index is 2.87. The number of nitrogens with two attached hydrogens (primary N) is 1. The first-order valence-electron chi connectivity index (χ1n) is 6.72. The summed E-state index contributed by atoms with van der Waals surface area (Å²) in [4.78, 5) is 12.1. The van der Waals surface area contributed by atoms with E-state index < -0.39 is 5.82 Å². The monoisotopic (exact) mass is 276 g/mol. The Labute approximate surface area is 119 Å². The highest BCUT2D eigenvalue weighted by Gasteiger charge is 2.13. The summed E-state index contributed by atoms with van der Waals surface area (Å²) in [5.41, 5.74) is 6.05. The van der Waals surface area contributed by atoms with Crippen LogP contribution in [0.25, 0.3) is 0 Å². The summed E-state index contributed by atoms with van der Waals surface area (Å²) in [6, 6.07) is 3.96. The lowest BCUT2D eigenvalue weighted by Gasteiger charge is -2.16. The molecule has 1 rings (SSSR count). The average molecular weight is 276 g/mol. The quantitative estimate of drug-likeness (QED) is 0.828. The summed E-state index contributed by atoms with van der Waals surface area (Å²) in [5.74, 6) is 5.57. The van der Waals surface area contributed by atoms with Crippen molar-refractivity contribution in [1.82, 2.24) is 5.32 Å². The maximum atomic E-state index is 13.2. The number of nitrogens with one attached hydrogen (secondary N) is 1. The maximum Gasteiger partial charge on any atom is 0.252 e. The van der Waals surface area contributed by atoms with Gasteiger partial charge in [0.25, 0.3) is 5.91 Å². The van der Waals surface area contributed by atoms with Crippen LogP contribution in [0.3, 0.4) is 0 Å². The molecule has 3 nitrogen and oxygen atoms in total. The number of benzene rings is 1. The first-order valence-corrected chi connectivity index (χ1v) is 6.72. The van der Waals surface area contributed by atoms with Crippen LogP contribution in [-0.2, 0) is 0 Å². The van der Waals surface area contributed by atoms with Crippen LogP contribution in [0.2, 0.25) is 0 Å². The molecule has 0 fully saturated rings. The summed E-state index contributed by atoms with van der Waals surface area (Å²) >= 11 is 0. The molecular weight excluding hydrogens is 255 g/mol. The lowest BCUT2D eigenvalue weighted by molar-refractivity contribution is 0.0944. The lowest BCUT2D eigenvalue weighted by Crippen LogP contribution is -2.30. The van der Waals surface area contributed by atoms with E-state index in [4.69, 9.17) is 5.73 Å². The van der Waals surface area contributed by atoms with Crippen molar-refractivity contribution in [3.63, 3.8) is 0 Å². The van der Waals surface area contributed by atoms with Gasteiger partial charge in [0.2, 0.25) is 0 Å². The molecule has 1 amide bonds. The van der Waals surface area contributed by atoms with E-state index in [0.29, 0.717) is 29.5 Å². The van der Waals surface area contributed by atoms with Crippen LogP contribution >= 0.6 is 0 Å². The number of hydrogen-bond donors (Lipinski definition) is 2. The second-order valence-electron chi connectivity index (χ2n) is 5.13. The van der Waals surface area contributed by atoms with E-state index in [1.165, 1.54) is 18.2 Å². The smallest absolute Gasteiger partial charge is 0.252 e. The van der Waals surface area contributed by atoms with Gasteiger partial charge in [-0.25, -0.2) is 4.39 Å². The van der Waals surface area contributed by atoms with Gasteiger partial charge in [-0.05, 0) is 30.0 Å². The van der Waals surface area contributed by atoms with Gasteiger partial charge in [0.15, 0.2) is 0 Å². The summed E-state index contributed by atoms with van der Waals surface area (Å²) in [7, 11) is 0. The SMILES string of the molecule is CC(C)C(C)CNC(=O)c1ccc(F)cc1C#CCN. The number of halogens is 1. The van der Waals surface area contributed by atoms with Crippen molar-refractivity contribution in [2.24, 2.45) is 17.6 Å². The fourth-order valence-electron chi connectivity index (χ4n) is 1.55. The highest BCUT2D eigenvalue weighted by atomic mass is 19.1. The number of amides is 1. The van der Waals surface area contributed by atoms with Gasteiger partial charge in [-0.3, -0.25) is 4.79 Å². The Hall–Kier alpha value is -1.86. The van der Waals surface area contributed by atoms with E-state index in [2.05, 4.69) is 37.9 Å². The lowest BCUT2D eigenvalue weighted by atomic mass is 9.98. The van der Waals surface area contributed by atoms with E-state index in [0.717, 1.165) is 0 Å². The zero-order chi connectivity index (χ0) is 15.1. The van der Waals surface area contributed by atoms with E-state index in [1.807, 2.05) is 0 Å². The molecule has 0 aliphatic carbocycles. The average Bonchev–Trinajstić information content (AvgIpc) is 2.42. The molecule has 0 heterocycles. The summed E-state index contributed by atoms with van der Waals surface area (Å²) in [6.07, 6.45) is 0. The molecule has 3 N–H and O–H groups in total. The van der Waals surface area contributed by atoms with Gasteiger partial charge in [-0.1, -0.05) is 32.6 Å². The minimum atomic E-state index is -0.418. The molecule has 1 unspecified atom stereocenters. The third-order valence-electron chi connectivity index (χ3n) is 3.27. The maximum absolute atomic E-state index is 13.2. The molecule has 0 aliphatic rings. The van der Waals surface area contributed by atoms with Gasteiger partial charge in [0.1, 0.15) is 5.82 Å². The molecule has 0 bridgehead atoms. The van der Waals surface area contributed by atoms with Crippen LogP contribution < -0.4 is 11.1 Å². The highest BCUT2D eigenvalue weighted by molar-refractivity contribution is 5.96. The van der Waals surface area contributed by atoms with Gasteiger partial charge in [-0.15, -0.1) is 0 Å². The second kappa shape index (κ2) is 7.66. The highest BCUT2D eigenvalue weighted by Crippen LogP contribution is 2.12. The molecule has 1 aromatic carbocycles. The fraction of sp³-hybridized carbons (Fsp3) is 0.438. The van der Waals surface area contributed by atoms with Crippen molar-refractivity contribution in [2.45, 2.75) is 20.8 Å². The summed E-state index contributed by atoms with van der Waals surface area (Å²) in [6.45, 7) is 7.03. The third kappa shape index (κ3) is 4.67. The van der Waals surface area contributed by atoms with Crippen LogP contribution in [0.4, 0.5) is 4.39 Å². The van der Waals surface area contributed by atoms with Crippen LogP contribution in [0.5, 0.6) is 0 Å². The molecule has 20 heavy (non-hydrogen) atoms. The Kier molecular flexibility index (Phi) is 6.20. The minimum absolute atomic E-state index is 0.169. The van der Waals surface area contributed by atoms with Gasteiger partial charge in [-0.2, -0.15) is 0 Å². The third-order valence-corrected chi connectivity index (χ3v) is 3.27. The van der Waals surface area contributed by atoms with Crippen molar-refractivity contribution in [2.75, 3.05) is 13.1 Å². The first-order chi connectivity index (χ1) is 9.45. The molecule has 0 aliphatic heterocycles. The van der Waals surface area contributed by atoms with Gasteiger partial charge >= 0.3 is 0 Å². The molecular formula is C16H21FN2O. The van der Waals surface area contributed by atoms with Gasteiger partial charge in [0, 0.05) is 12.1 Å². The Morgan fingerprint density at radius 2 is 2.10 bits per heavy atom. The van der Waals surface area contributed by atoms with E-state index in [9.17, 15) is 9.18 Å². The molecule has 4 heteroatoms.